The zero-order valence-electron chi connectivity index (χ0n) is 23.6. The molecular formula is C31H26F3N5O5S. The number of alkyl halides is 3. The lowest BCUT2D eigenvalue weighted by Gasteiger charge is -2.22. The van der Waals surface area contributed by atoms with E-state index < -0.39 is 40.9 Å². The number of aliphatic hydroxyl groups excluding tert-OH is 1. The third kappa shape index (κ3) is 6.71. The van der Waals surface area contributed by atoms with Crippen LogP contribution in [0, 0.1) is 0 Å². The van der Waals surface area contributed by atoms with Crippen molar-refractivity contribution >= 4 is 40.1 Å². The molecule has 5 aromatic rings. The van der Waals surface area contributed by atoms with Crippen molar-refractivity contribution in [3.8, 4) is 21.7 Å². The molecule has 2 aromatic carbocycles. The molecule has 1 unspecified atom stereocenters. The van der Waals surface area contributed by atoms with Crippen LogP contribution in [0.25, 0.3) is 32.6 Å². The van der Waals surface area contributed by atoms with Crippen LogP contribution in [0.4, 0.5) is 23.8 Å². The van der Waals surface area contributed by atoms with Crippen molar-refractivity contribution in [2.24, 2.45) is 0 Å². The highest BCUT2D eigenvalue weighted by Gasteiger charge is 2.34. The normalized spacial score (nSPS) is 12.2. The predicted octanol–water partition coefficient (Wildman–Crippen LogP) is 5.82. The van der Waals surface area contributed by atoms with Crippen LogP contribution in [-0.4, -0.2) is 49.9 Å². The van der Waals surface area contributed by atoms with E-state index in [2.05, 4.69) is 20.6 Å². The molecule has 0 bridgehead atoms. The Morgan fingerprint density at radius 3 is 2.49 bits per heavy atom. The quantitative estimate of drug-likeness (QED) is 0.159. The first-order valence-corrected chi connectivity index (χ1v) is 14.5. The SMILES string of the molecule is CCNC(=O)Nc1cc(-c2nc(C(F)(F)F)cs2)c(-c2ccc3c(c2)c(=O)c(C(=O)O)cn3C(CO)Cc2ccccc2)cn1. The molecule has 232 valence electrons. The number of pyridine rings is 2. The van der Waals surface area contributed by atoms with Crippen LogP contribution in [0.5, 0.6) is 0 Å². The van der Waals surface area contributed by atoms with Crippen molar-refractivity contribution in [1.82, 2.24) is 19.9 Å². The molecule has 10 nitrogen and oxygen atoms in total. The number of nitrogens with one attached hydrogen (secondary N) is 2. The number of hydrogen-bond acceptors (Lipinski definition) is 7. The van der Waals surface area contributed by atoms with E-state index in [-0.39, 0.29) is 33.9 Å². The highest BCUT2D eigenvalue weighted by atomic mass is 32.1. The van der Waals surface area contributed by atoms with Crippen molar-refractivity contribution in [2.45, 2.75) is 25.6 Å². The van der Waals surface area contributed by atoms with E-state index in [0.717, 1.165) is 22.3 Å². The number of benzene rings is 2. The summed E-state index contributed by atoms with van der Waals surface area (Å²) in [7, 11) is 0. The zero-order valence-corrected chi connectivity index (χ0v) is 24.4. The Hall–Kier alpha value is -5.08. The van der Waals surface area contributed by atoms with Gasteiger partial charge in [-0.2, -0.15) is 13.2 Å². The average Bonchev–Trinajstić information content (AvgIpc) is 3.52. The van der Waals surface area contributed by atoms with Crippen LogP contribution in [-0.2, 0) is 12.6 Å². The predicted molar refractivity (Wildman–Crippen MR) is 163 cm³/mol. The number of carbonyl (C=O) groups is 2. The van der Waals surface area contributed by atoms with Crippen LogP contribution in [0.2, 0.25) is 0 Å². The van der Waals surface area contributed by atoms with Gasteiger partial charge in [-0.1, -0.05) is 36.4 Å². The number of aromatic nitrogens is 3. The molecule has 2 amide bonds. The van der Waals surface area contributed by atoms with E-state index in [4.69, 9.17) is 0 Å². The number of amides is 2. The third-order valence-electron chi connectivity index (χ3n) is 7.00. The maximum Gasteiger partial charge on any atom is 0.434 e. The number of carboxylic acids is 1. The van der Waals surface area contributed by atoms with Gasteiger partial charge >= 0.3 is 18.2 Å². The number of thiazole rings is 1. The van der Waals surface area contributed by atoms with Crippen molar-refractivity contribution in [3.63, 3.8) is 0 Å². The van der Waals surface area contributed by atoms with Crippen LogP contribution < -0.4 is 16.1 Å². The molecule has 0 fully saturated rings. The fourth-order valence-electron chi connectivity index (χ4n) is 4.89. The second-order valence-corrected chi connectivity index (χ2v) is 10.8. The van der Waals surface area contributed by atoms with E-state index in [1.807, 2.05) is 30.3 Å². The Balaban J connectivity index is 1.68. The monoisotopic (exact) mass is 637 g/mol. The molecule has 3 heterocycles. The lowest BCUT2D eigenvalue weighted by Crippen LogP contribution is -2.28. The summed E-state index contributed by atoms with van der Waals surface area (Å²) in [5, 5.41) is 26.1. The highest BCUT2D eigenvalue weighted by molar-refractivity contribution is 7.13. The van der Waals surface area contributed by atoms with Gasteiger partial charge in [-0.05, 0) is 42.7 Å². The smallest absolute Gasteiger partial charge is 0.434 e. The number of aliphatic hydroxyl groups is 1. The van der Waals surface area contributed by atoms with Gasteiger partial charge in [0.2, 0.25) is 5.43 Å². The number of aromatic carboxylic acids is 1. The molecule has 0 aliphatic heterocycles. The van der Waals surface area contributed by atoms with Gasteiger partial charge in [0.05, 0.1) is 18.2 Å². The molecule has 4 N–H and O–H groups in total. The van der Waals surface area contributed by atoms with Crippen LogP contribution in [0.15, 0.2) is 77.2 Å². The molecule has 3 aromatic heterocycles. The van der Waals surface area contributed by atoms with Gasteiger partial charge < -0.3 is 20.1 Å². The molecular weight excluding hydrogens is 611 g/mol. The first-order chi connectivity index (χ1) is 21.5. The summed E-state index contributed by atoms with van der Waals surface area (Å²) in [6.07, 6.45) is -1.80. The van der Waals surface area contributed by atoms with E-state index in [1.165, 1.54) is 24.5 Å². The number of anilines is 1. The standard InChI is InChI=1S/C31H26F3N5O5S/c1-2-35-30(44)38-26-12-20(28-37-25(16-45-28)31(32,33)34)22(13-36-26)18-8-9-24-21(11-18)27(41)23(29(42)43)14-39(24)19(15-40)10-17-6-4-3-5-7-17/h3-9,11-14,16,19,40H,2,10,15H2,1H3,(H,42,43)(H2,35,36,38,44). The zero-order chi connectivity index (χ0) is 32.3. The number of rotatable bonds is 9. The fourth-order valence-corrected chi connectivity index (χ4v) is 5.75. The minimum Gasteiger partial charge on any atom is -0.477 e. The van der Waals surface area contributed by atoms with Crippen molar-refractivity contribution in [1.29, 1.82) is 0 Å². The van der Waals surface area contributed by atoms with Gasteiger partial charge in [0.15, 0.2) is 5.69 Å². The van der Waals surface area contributed by atoms with Gasteiger partial charge in [-0.15, -0.1) is 11.3 Å². The summed E-state index contributed by atoms with van der Waals surface area (Å²) in [4.78, 5) is 45.7. The summed E-state index contributed by atoms with van der Waals surface area (Å²) >= 11 is 0.741. The van der Waals surface area contributed by atoms with Crippen LogP contribution >= 0.6 is 11.3 Å². The molecule has 1 atom stereocenters. The van der Waals surface area contributed by atoms with E-state index in [1.54, 1.807) is 23.6 Å². The molecule has 45 heavy (non-hydrogen) atoms. The highest BCUT2D eigenvalue weighted by Crippen LogP contribution is 2.39. The molecule has 5 rings (SSSR count). The summed E-state index contributed by atoms with van der Waals surface area (Å²) < 4.78 is 41.8. The minimum absolute atomic E-state index is 0.0151. The van der Waals surface area contributed by atoms with Crippen LogP contribution in [0.3, 0.4) is 0 Å². The van der Waals surface area contributed by atoms with E-state index >= 15 is 0 Å². The molecule has 0 saturated heterocycles. The van der Waals surface area contributed by atoms with Crippen molar-refractivity contribution in [3.05, 3.63) is 99.4 Å². The number of hydrogen-bond donors (Lipinski definition) is 4. The number of halogens is 3. The Labute approximate surface area is 257 Å². The Bertz CT molecular complexity index is 1940. The Kier molecular flexibility index (Phi) is 8.97. The summed E-state index contributed by atoms with van der Waals surface area (Å²) in [6, 6.07) is 14.1. The van der Waals surface area contributed by atoms with Crippen LogP contribution in [0.1, 0.15) is 34.6 Å². The molecule has 0 aliphatic carbocycles. The molecule has 14 heteroatoms. The molecule has 0 radical (unpaired) electrons. The second-order valence-electron chi connectivity index (χ2n) is 9.98. The van der Waals surface area contributed by atoms with Gasteiger partial charge in [0, 0.05) is 40.8 Å². The number of carbonyl (C=O) groups excluding carboxylic acids is 1. The molecule has 0 aliphatic rings. The first-order valence-electron chi connectivity index (χ1n) is 13.7. The maximum atomic E-state index is 13.4. The summed E-state index contributed by atoms with van der Waals surface area (Å²) in [5.41, 5.74) is -0.320. The topological polar surface area (TPSA) is 146 Å². The minimum atomic E-state index is -4.69. The fraction of sp³-hybridized carbons (Fsp3) is 0.194. The number of nitrogens with zero attached hydrogens (tertiary/aromatic N) is 3. The number of urea groups is 1. The van der Waals surface area contributed by atoms with Gasteiger partial charge in [0.25, 0.3) is 0 Å². The van der Waals surface area contributed by atoms with E-state index in [0.29, 0.717) is 24.0 Å². The van der Waals surface area contributed by atoms with Gasteiger partial charge in [-0.25, -0.2) is 19.6 Å². The maximum absolute atomic E-state index is 13.4. The Morgan fingerprint density at radius 2 is 1.84 bits per heavy atom. The second kappa shape index (κ2) is 12.9. The number of carboxylic acid groups (broad SMARTS) is 1. The van der Waals surface area contributed by atoms with Crippen molar-refractivity contribution < 1.29 is 33.0 Å². The summed E-state index contributed by atoms with van der Waals surface area (Å²) in [6.45, 7) is 1.69. The van der Waals surface area contributed by atoms with Gasteiger partial charge in [-0.3, -0.25) is 10.1 Å². The molecule has 0 spiro atoms. The third-order valence-corrected chi connectivity index (χ3v) is 7.88. The van der Waals surface area contributed by atoms with Crippen molar-refractivity contribution in [2.75, 3.05) is 18.5 Å². The average molecular weight is 638 g/mol. The van der Waals surface area contributed by atoms with Gasteiger partial charge in [0.1, 0.15) is 16.4 Å². The number of fused-ring (bicyclic) bond motifs is 1. The Morgan fingerprint density at radius 1 is 1.09 bits per heavy atom. The van der Waals surface area contributed by atoms with E-state index in [9.17, 15) is 37.8 Å². The largest absolute Gasteiger partial charge is 0.477 e. The lowest BCUT2D eigenvalue weighted by atomic mass is 9.98. The molecule has 0 saturated carbocycles. The first kappa shape index (κ1) is 31.3. The summed E-state index contributed by atoms with van der Waals surface area (Å²) in [5.74, 6) is -1.41. The lowest BCUT2D eigenvalue weighted by molar-refractivity contribution is -0.140.